The van der Waals surface area contributed by atoms with Crippen LogP contribution in [0.15, 0.2) is 170 Å². The lowest BCUT2D eigenvalue weighted by molar-refractivity contribution is 1.61. The summed E-state index contributed by atoms with van der Waals surface area (Å²) in [5, 5.41) is 5.16. The number of fused-ring (bicyclic) bond motifs is 2. The monoisotopic (exact) mass is 484 g/mol. The summed E-state index contributed by atoms with van der Waals surface area (Å²) in [5.74, 6) is 0. The molecule has 0 saturated heterocycles. The fourth-order valence-electron chi connectivity index (χ4n) is 4.95. The molecule has 0 fully saturated rings. The van der Waals surface area contributed by atoms with Crippen LogP contribution < -0.4 is 0 Å². The molecule has 0 N–H and O–H groups in total. The van der Waals surface area contributed by atoms with Crippen LogP contribution in [0.2, 0.25) is 0 Å². The average molecular weight is 485 g/mol. The van der Waals surface area contributed by atoms with Gasteiger partial charge in [0.05, 0.1) is 0 Å². The molecule has 0 aliphatic heterocycles. The van der Waals surface area contributed by atoms with Gasteiger partial charge in [-0.1, -0.05) is 158 Å². The van der Waals surface area contributed by atoms with E-state index in [0.717, 1.165) is 0 Å². The van der Waals surface area contributed by atoms with Gasteiger partial charge in [-0.05, 0) is 67.1 Å². The van der Waals surface area contributed by atoms with Gasteiger partial charge in [0.15, 0.2) is 0 Å². The van der Waals surface area contributed by atoms with Crippen LogP contribution in [-0.4, -0.2) is 0 Å². The van der Waals surface area contributed by atoms with Gasteiger partial charge >= 0.3 is 0 Å². The van der Waals surface area contributed by atoms with Crippen molar-refractivity contribution in [1.29, 1.82) is 0 Å². The van der Waals surface area contributed by atoms with Crippen LogP contribution in [0.5, 0.6) is 0 Å². The van der Waals surface area contributed by atoms with Crippen molar-refractivity contribution >= 4 is 21.5 Å². The standard InChI is InChI=1S/C26H18.C12H10/c1-2-7-19(8-3-1)20-13-15-21(16-14-20)25-12-6-11-24-17-22-9-4-5-10-23(22)18-26(24)25;1-3-7-11(8-4-1)12-9-5-2-6-10-12/h1-18H;1-10H. The van der Waals surface area contributed by atoms with Crippen LogP contribution in [0.25, 0.3) is 54.9 Å². The molecule has 0 bridgehead atoms. The normalized spacial score (nSPS) is 10.6. The fourth-order valence-corrected chi connectivity index (χ4v) is 4.95. The lowest BCUT2D eigenvalue weighted by atomic mass is 9.94. The Kier molecular flexibility index (Phi) is 6.78. The Bertz CT molecular complexity index is 1730. The summed E-state index contributed by atoms with van der Waals surface area (Å²) in [6.45, 7) is 0. The Morgan fingerprint density at radius 2 is 0.632 bits per heavy atom. The Hall–Kier alpha value is -4.94. The molecule has 7 aromatic carbocycles. The van der Waals surface area contributed by atoms with E-state index in [4.69, 9.17) is 0 Å². The molecular formula is C38H28. The number of hydrogen-bond donors (Lipinski definition) is 0. The van der Waals surface area contributed by atoms with Gasteiger partial charge in [-0.25, -0.2) is 0 Å². The van der Waals surface area contributed by atoms with E-state index in [9.17, 15) is 0 Å². The lowest BCUT2D eigenvalue weighted by Gasteiger charge is -2.10. The molecule has 0 unspecified atom stereocenters. The first-order valence-electron chi connectivity index (χ1n) is 13.0. The van der Waals surface area contributed by atoms with Crippen LogP contribution in [0.1, 0.15) is 0 Å². The van der Waals surface area contributed by atoms with E-state index >= 15 is 0 Å². The zero-order valence-electron chi connectivity index (χ0n) is 21.2. The van der Waals surface area contributed by atoms with Crippen molar-refractivity contribution in [3.63, 3.8) is 0 Å². The second-order valence-corrected chi connectivity index (χ2v) is 9.40. The maximum atomic E-state index is 2.31. The molecule has 0 atom stereocenters. The van der Waals surface area contributed by atoms with Gasteiger partial charge in [-0.3, -0.25) is 0 Å². The minimum atomic E-state index is 1.25. The molecule has 180 valence electrons. The highest BCUT2D eigenvalue weighted by molar-refractivity contribution is 6.05. The summed E-state index contributed by atoms with van der Waals surface area (Å²) >= 11 is 0. The molecule has 0 spiro atoms. The van der Waals surface area contributed by atoms with Crippen molar-refractivity contribution < 1.29 is 0 Å². The highest BCUT2D eigenvalue weighted by Crippen LogP contribution is 2.33. The quantitative estimate of drug-likeness (QED) is 0.219. The first-order valence-corrected chi connectivity index (χ1v) is 13.0. The third-order valence-electron chi connectivity index (χ3n) is 6.93. The number of benzene rings is 7. The Labute approximate surface area is 224 Å². The number of rotatable bonds is 3. The molecule has 0 heterocycles. The minimum Gasteiger partial charge on any atom is -0.0622 e. The summed E-state index contributed by atoms with van der Waals surface area (Å²) < 4.78 is 0. The molecule has 0 radical (unpaired) electrons. The predicted molar refractivity (Wildman–Crippen MR) is 164 cm³/mol. The van der Waals surface area contributed by atoms with Crippen molar-refractivity contribution in [2.45, 2.75) is 0 Å². The van der Waals surface area contributed by atoms with Crippen molar-refractivity contribution in [3.8, 4) is 33.4 Å². The summed E-state index contributed by atoms with van der Waals surface area (Å²) in [6.07, 6.45) is 0. The zero-order valence-corrected chi connectivity index (χ0v) is 21.2. The number of hydrogen-bond acceptors (Lipinski definition) is 0. The van der Waals surface area contributed by atoms with E-state index in [1.54, 1.807) is 0 Å². The van der Waals surface area contributed by atoms with Gasteiger partial charge in [0.1, 0.15) is 0 Å². The molecule has 7 rings (SSSR count). The molecule has 0 nitrogen and oxygen atoms in total. The van der Waals surface area contributed by atoms with Gasteiger partial charge < -0.3 is 0 Å². The molecule has 0 aromatic heterocycles. The van der Waals surface area contributed by atoms with Crippen molar-refractivity contribution in [2.75, 3.05) is 0 Å². The topological polar surface area (TPSA) is 0 Å². The molecule has 38 heavy (non-hydrogen) atoms. The van der Waals surface area contributed by atoms with E-state index in [-0.39, 0.29) is 0 Å². The van der Waals surface area contributed by atoms with Gasteiger partial charge in [-0.2, -0.15) is 0 Å². The van der Waals surface area contributed by atoms with E-state index in [1.165, 1.54) is 54.9 Å². The van der Waals surface area contributed by atoms with Crippen LogP contribution in [-0.2, 0) is 0 Å². The Morgan fingerprint density at radius 1 is 0.237 bits per heavy atom. The second-order valence-electron chi connectivity index (χ2n) is 9.40. The first kappa shape index (κ1) is 23.5. The second kappa shape index (κ2) is 11.0. The van der Waals surface area contributed by atoms with E-state index in [1.807, 2.05) is 12.1 Å². The maximum absolute atomic E-state index is 2.31. The van der Waals surface area contributed by atoms with Crippen LogP contribution in [0, 0.1) is 0 Å². The smallest absolute Gasteiger partial charge is 0.00990 e. The lowest BCUT2D eigenvalue weighted by Crippen LogP contribution is -1.84. The molecule has 0 aliphatic rings. The molecule has 0 heteroatoms. The molecule has 0 amide bonds. The van der Waals surface area contributed by atoms with Crippen LogP contribution in [0.4, 0.5) is 0 Å². The predicted octanol–water partition coefficient (Wildman–Crippen LogP) is 10.7. The SMILES string of the molecule is c1ccc(-c2ccc(-c3cccc4cc5ccccc5cc34)cc2)cc1.c1ccc(-c2ccccc2)cc1. The van der Waals surface area contributed by atoms with Crippen LogP contribution in [0.3, 0.4) is 0 Å². The van der Waals surface area contributed by atoms with Gasteiger partial charge in [-0.15, -0.1) is 0 Å². The Balaban J connectivity index is 0.000000184. The zero-order chi connectivity index (χ0) is 25.6. The van der Waals surface area contributed by atoms with Gasteiger partial charge in [0.25, 0.3) is 0 Å². The van der Waals surface area contributed by atoms with Gasteiger partial charge in [0.2, 0.25) is 0 Å². The molecule has 0 saturated carbocycles. The summed E-state index contributed by atoms with van der Waals surface area (Å²) in [4.78, 5) is 0. The maximum Gasteiger partial charge on any atom is -0.00990 e. The molecule has 7 aromatic rings. The summed E-state index contributed by atoms with van der Waals surface area (Å²) in [7, 11) is 0. The summed E-state index contributed by atoms with van der Waals surface area (Å²) in [5.41, 5.74) is 7.60. The van der Waals surface area contributed by atoms with Crippen molar-refractivity contribution in [3.05, 3.63) is 170 Å². The highest BCUT2D eigenvalue weighted by atomic mass is 14.1. The highest BCUT2D eigenvalue weighted by Gasteiger charge is 2.06. The average Bonchev–Trinajstić information content (AvgIpc) is 3.01. The van der Waals surface area contributed by atoms with E-state index < -0.39 is 0 Å². The third kappa shape index (κ3) is 5.12. The molecule has 0 aliphatic carbocycles. The van der Waals surface area contributed by atoms with Crippen LogP contribution >= 0.6 is 0 Å². The van der Waals surface area contributed by atoms with E-state index in [2.05, 4.69) is 158 Å². The molecular weight excluding hydrogens is 456 g/mol. The first-order chi connectivity index (χ1) is 18.8. The van der Waals surface area contributed by atoms with Crippen molar-refractivity contribution in [1.82, 2.24) is 0 Å². The Morgan fingerprint density at radius 3 is 1.16 bits per heavy atom. The fraction of sp³-hybridized carbons (Fsp3) is 0. The largest absolute Gasteiger partial charge is 0.0622 e. The minimum absolute atomic E-state index is 1.25. The van der Waals surface area contributed by atoms with E-state index in [0.29, 0.717) is 0 Å². The van der Waals surface area contributed by atoms with Gasteiger partial charge in [0, 0.05) is 0 Å². The van der Waals surface area contributed by atoms with Crippen molar-refractivity contribution in [2.24, 2.45) is 0 Å². The third-order valence-corrected chi connectivity index (χ3v) is 6.93. The summed E-state index contributed by atoms with van der Waals surface area (Å²) in [6, 6.07) is 59.9.